The van der Waals surface area contributed by atoms with Crippen LogP contribution >= 0.6 is 11.3 Å². The minimum atomic E-state index is 0.874. The van der Waals surface area contributed by atoms with Gasteiger partial charge in [-0.15, -0.1) is 11.3 Å². The molecule has 0 N–H and O–H groups in total. The Hall–Kier alpha value is -2.46. The standard InChI is InChI=1S/C24H27N3S/c1-17-6-8-20(9-7-17)23-15-28-24(26-23)14-21-12-19(3)22(13-18(21)2)25-16-27-10-4-5-11-27/h6-9,12-13,15-16H,4-5,10-11,14H2,1-3H3. The lowest BCUT2D eigenvalue weighted by atomic mass is 10.0. The number of rotatable bonds is 5. The van der Waals surface area contributed by atoms with E-state index in [1.165, 1.54) is 40.7 Å². The Kier molecular flexibility index (Phi) is 5.58. The monoisotopic (exact) mass is 389 g/mol. The Balaban J connectivity index is 1.50. The topological polar surface area (TPSA) is 28.5 Å². The fourth-order valence-electron chi connectivity index (χ4n) is 3.60. The van der Waals surface area contributed by atoms with Crippen molar-refractivity contribution in [1.29, 1.82) is 0 Å². The van der Waals surface area contributed by atoms with Crippen LogP contribution in [-0.2, 0) is 6.42 Å². The maximum atomic E-state index is 4.87. The Labute approximate surface area is 171 Å². The predicted octanol–water partition coefficient (Wildman–Crippen LogP) is 6.08. The Morgan fingerprint density at radius 1 is 1.04 bits per heavy atom. The summed E-state index contributed by atoms with van der Waals surface area (Å²) in [6, 6.07) is 13.1. The molecule has 1 aliphatic heterocycles. The van der Waals surface area contributed by atoms with E-state index in [0.29, 0.717) is 0 Å². The SMILES string of the molecule is Cc1ccc(-c2csc(Cc3cc(C)c(N=CN4CCCC4)cc3C)n2)cc1. The zero-order valence-corrected chi connectivity index (χ0v) is 17.7. The van der Waals surface area contributed by atoms with Crippen LogP contribution in [0, 0.1) is 20.8 Å². The largest absolute Gasteiger partial charge is 0.363 e. The summed E-state index contributed by atoms with van der Waals surface area (Å²) in [7, 11) is 0. The molecule has 0 unspecified atom stereocenters. The van der Waals surface area contributed by atoms with E-state index in [9.17, 15) is 0 Å². The maximum Gasteiger partial charge on any atom is 0.0976 e. The Morgan fingerprint density at radius 2 is 1.79 bits per heavy atom. The molecule has 0 saturated carbocycles. The zero-order chi connectivity index (χ0) is 19.5. The van der Waals surface area contributed by atoms with E-state index < -0.39 is 0 Å². The zero-order valence-electron chi connectivity index (χ0n) is 16.9. The number of likely N-dealkylation sites (tertiary alicyclic amines) is 1. The van der Waals surface area contributed by atoms with Crippen LogP contribution in [0.5, 0.6) is 0 Å². The molecular weight excluding hydrogens is 362 g/mol. The molecule has 1 aromatic heterocycles. The summed E-state index contributed by atoms with van der Waals surface area (Å²) in [5, 5.41) is 3.32. The highest BCUT2D eigenvalue weighted by Gasteiger charge is 2.10. The van der Waals surface area contributed by atoms with E-state index in [0.717, 1.165) is 35.9 Å². The quantitative estimate of drug-likeness (QED) is 0.391. The predicted molar refractivity (Wildman–Crippen MR) is 120 cm³/mol. The first-order valence-corrected chi connectivity index (χ1v) is 10.9. The van der Waals surface area contributed by atoms with E-state index in [1.807, 2.05) is 6.34 Å². The fraction of sp³-hybridized carbons (Fsp3) is 0.333. The van der Waals surface area contributed by atoms with Gasteiger partial charge >= 0.3 is 0 Å². The first-order chi connectivity index (χ1) is 13.6. The van der Waals surface area contributed by atoms with E-state index in [2.05, 4.69) is 67.4 Å². The molecule has 3 aromatic rings. The number of aromatic nitrogens is 1. The number of nitrogens with zero attached hydrogens (tertiary/aromatic N) is 3. The van der Waals surface area contributed by atoms with Crippen molar-refractivity contribution in [3.8, 4) is 11.3 Å². The molecule has 2 aromatic carbocycles. The van der Waals surface area contributed by atoms with Crippen LogP contribution in [0.4, 0.5) is 5.69 Å². The lowest BCUT2D eigenvalue weighted by Gasteiger charge is -2.11. The molecule has 1 fully saturated rings. The van der Waals surface area contributed by atoms with Gasteiger partial charge in [0.15, 0.2) is 0 Å². The van der Waals surface area contributed by atoms with Gasteiger partial charge in [0.05, 0.1) is 22.7 Å². The van der Waals surface area contributed by atoms with Crippen molar-refractivity contribution in [2.24, 2.45) is 4.99 Å². The maximum absolute atomic E-state index is 4.87. The molecule has 1 saturated heterocycles. The summed E-state index contributed by atoms with van der Waals surface area (Å²) in [6.45, 7) is 8.71. The van der Waals surface area contributed by atoms with Crippen LogP contribution < -0.4 is 0 Å². The fourth-order valence-corrected chi connectivity index (χ4v) is 4.43. The number of aryl methyl sites for hydroxylation is 3. The van der Waals surface area contributed by atoms with E-state index >= 15 is 0 Å². The van der Waals surface area contributed by atoms with E-state index in [4.69, 9.17) is 9.98 Å². The molecule has 3 nitrogen and oxygen atoms in total. The number of thiazole rings is 1. The van der Waals surface area contributed by atoms with Gasteiger partial charge in [-0.2, -0.15) is 0 Å². The third-order valence-corrected chi connectivity index (χ3v) is 6.24. The summed E-state index contributed by atoms with van der Waals surface area (Å²) >= 11 is 1.74. The molecule has 28 heavy (non-hydrogen) atoms. The molecule has 0 aliphatic carbocycles. The molecule has 1 aliphatic rings. The number of benzene rings is 2. The highest BCUT2D eigenvalue weighted by Crippen LogP contribution is 2.28. The molecule has 4 heteroatoms. The van der Waals surface area contributed by atoms with Crippen LogP contribution in [0.2, 0.25) is 0 Å². The highest BCUT2D eigenvalue weighted by molar-refractivity contribution is 7.10. The van der Waals surface area contributed by atoms with Crippen molar-refractivity contribution < 1.29 is 0 Å². The third-order valence-electron chi connectivity index (χ3n) is 5.40. The van der Waals surface area contributed by atoms with Gasteiger partial charge in [0.2, 0.25) is 0 Å². The van der Waals surface area contributed by atoms with Crippen molar-refractivity contribution in [2.75, 3.05) is 13.1 Å². The van der Waals surface area contributed by atoms with Crippen LogP contribution in [0.3, 0.4) is 0 Å². The van der Waals surface area contributed by atoms with Crippen LogP contribution in [0.1, 0.15) is 40.1 Å². The third kappa shape index (κ3) is 4.33. The van der Waals surface area contributed by atoms with Gasteiger partial charge in [-0.05, 0) is 56.4 Å². The molecule has 0 spiro atoms. The second-order valence-electron chi connectivity index (χ2n) is 7.72. The summed E-state index contributed by atoms with van der Waals surface area (Å²) in [5.41, 5.74) is 8.46. The molecule has 0 atom stereocenters. The van der Waals surface area contributed by atoms with Gasteiger partial charge in [-0.1, -0.05) is 35.9 Å². The molecular formula is C24H27N3S. The number of hydrogen-bond donors (Lipinski definition) is 0. The minimum absolute atomic E-state index is 0.874. The second-order valence-corrected chi connectivity index (χ2v) is 8.66. The summed E-state index contributed by atoms with van der Waals surface area (Å²) in [6.07, 6.45) is 5.45. The smallest absolute Gasteiger partial charge is 0.0976 e. The van der Waals surface area contributed by atoms with Gasteiger partial charge in [0.25, 0.3) is 0 Å². The van der Waals surface area contributed by atoms with E-state index in [1.54, 1.807) is 11.3 Å². The van der Waals surface area contributed by atoms with Gasteiger partial charge in [0.1, 0.15) is 0 Å². The Bertz CT molecular complexity index is 980. The van der Waals surface area contributed by atoms with Crippen molar-refractivity contribution >= 4 is 23.4 Å². The second kappa shape index (κ2) is 8.27. The average molecular weight is 390 g/mol. The van der Waals surface area contributed by atoms with Crippen molar-refractivity contribution in [3.63, 3.8) is 0 Å². The minimum Gasteiger partial charge on any atom is -0.363 e. The first kappa shape index (κ1) is 18.9. The van der Waals surface area contributed by atoms with Crippen molar-refractivity contribution in [1.82, 2.24) is 9.88 Å². The first-order valence-electron chi connectivity index (χ1n) is 9.98. The average Bonchev–Trinajstić information content (AvgIpc) is 3.36. The Morgan fingerprint density at radius 3 is 2.54 bits per heavy atom. The van der Waals surface area contributed by atoms with Gasteiger partial charge in [-0.25, -0.2) is 9.98 Å². The summed E-state index contributed by atoms with van der Waals surface area (Å²) in [5.74, 6) is 0. The number of aliphatic imine (C=N–C) groups is 1. The molecule has 0 radical (unpaired) electrons. The lowest BCUT2D eigenvalue weighted by Crippen LogP contribution is -2.16. The van der Waals surface area contributed by atoms with Gasteiger partial charge in [-0.3, -0.25) is 0 Å². The van der Waals surface area contributed by atoms with E-state index in [-0.39, 0.29) is 0 Å². The van der Waals surface area contributed by atoms with Gasteiger partial charge < -0.3 is 4.90 Å². The van der Waals surface area contributed by atoms with Crippen molar-refractivity contribution in [3.05, 3.63) is 69.0 Å². The van der Waals surface area contributed by atoms with Crippen LogP contribution in [-0.4, -0.2) is 29.3 Å². The van der Waals surface area contributed by atoms with Crippen LogP contribution in [0.25, 0.3) is 11.3 Å². The lowest BCUT2D eigenvalue weighted by molar-refractivity contribution is 0.536. The summed E-state index contributed by atoms with van der Waals surface area (Å²) in [4.78, 5) is 11.9. The van der Waals surface area contributed by atoms with Gasteiger partial charge in [0, 0.05) is 30.5 Å². The normalized spacial score (nSPS) is 14.3. The molecule has 0 amide bonds. The highest BCUT2D eigenvalue weighted by atomic mass is 32.1. The summed E-state index contributed by atoms with van der Waals surface area (Å²) < 4.78 is 0. The molecule has 2 heterocycles. The molecule has 0 bridgehead atoms. The van der Waals surface area contributed by atoms with Crippen molar-refractivity contribution in [2.45, 2.75) is 40.0 Å². The van der Waals surface area contributed by atoms with Crippen LogP contribution in [0.15, 0.2) is 46.8 Å². The molecule has 144 valence electrons. The molecule has 4 rings (SSSR count). The number of hydrogen-bond acceptors (Lipinski definition) is 3.